The molecule has 3 aromatic carbocycles. The van der Waals surface area contributed by atoms with Crippen LogP contribution in [0.4, 0.5) is 0 Å². The number of allylic oxidation sites excluding steroid dienone is 1. The van der Waals surface area contributed by atoms with Crippen LogP contribution in [0.3, 0.4) is 0 Å². The molecule has 3 heteroatoms. The van der Waals surface area contributed by atoms with Crippen molar-refractivity contribution in [2.75, 3.05) is 0 Å². The zero-order valence-electron chi connectivity index (χ0n) is 21.7. The van der Waals surface area contributed by atoms with E-state index in [1.807, 2.05) is 6.07 Å². The summed E-state index contributed by atoms with van der Waals surface area (Å²) < 4.78 is 7.47. The second-order valence-corrected chi connectivity index (χ2v) is 14.7. The van der Waals surface area contributed by atoms with Gasteiger partial charge in [-0.3, -0.25) is 0 Å². The first-order chi connectivity index (χ1) is 16.9. The lowest BCUT2D eigenvalue weighted by Crippen LogP contribution is -2.68. The van der Waals surface area contributed by atoms with Crippen LogP contribution in [0.25, 0.3) is 6.08 Å². The average molecular weight is 485 g/mol. The lowest BCUT2D eigenvalue weighted by atomic mass is 9.96. The molecule has 184 valence electrons. The molecular formula is C32H40O2Si. The Morgan fingerprint density at radius 1 is 0.829 bits per heavy atom. The van der Waals surface area contributed by atoms with E-state index in [1.54, 1.807) is 0 Å². The molecule has 0 radical (unpaired) electrons. The van der Waals surface area contributed by atoms with Crippen LogP contribution in [0.2, 0.25) is 5.04 Å². The van der Waals surface area contributed by atoms with E-state index in [9.17, 15) is 4.79 Å². The number of carbonyl (C=O) groups is 1. The fourth-order valence-electron chi connectivity index (χ4n) is 4.92. The maximum Gasteiger partial charge on any atom is 0.261 e. The minimum Gasteiger partial charge on any atom is -0.404 e. The van der Waals surface area contributed by atoms with E-state index in [2.05, 4.69) is 125 Å². The minimum atomic E-state index is -2.65. The number of rotatable bonds is 12. The molecule has 3 aromatic rings. The third-order valence-electron chi connectivity index (χ3n) is 6.81. The summed E-state index contributed by atoms with van der Waals surface area (Å²) in [5.41, 5.74) is 1.21. The number of aldehydes is 1. The van der Waals surface area contributed by atoms with Crippen molar-refractivity contribution in [1.82, 2.24) is 0 Å². The summed E-state index contributed by atoms with van der Waals surface area (Å²) in [6, 6.07) is 32.1. The first kappa shape index (κ1) is 26.8. The van der Waals surface area contributed by atoms with E-state index >= 15 is 0 Å². The second-order valence-electron chi connectivity index (χ2n) is 10.4. The summed E-state index contributed by atoms with van der Waals surface area (Å²) in [6.45, 7) is 9.25. The van der Waals surface area contributed by atoms with Gasteiger partial charge in [0.05, 0.1) is 0 Å². The van der Waals surface area contributed by atoms with Gasteiger partial charge in [0.25, 0.3) is 8.32 Å². The van der Waals surface area contributed by atoms with Gasteiger partial charge in [-0.15, -0.1) is 0 Å². The van der Waals surface area contributed by atoms with Crippen LogP contribution in [-0.2, 0) is 9.22 Å². The van der Waals surface area contributed by atoms with Crippen LogP contribution in [0.15, 0.2) is 97.1 Å². The Bertz CT molecular complexity index is 1000. The highest BCUT2D eigenvalue weighted by atomic mass is 28.4. The summed E-state index contributed by atoms with van der Waals surface area (Å²) in [5, 5.41) is 2.52. The Hall–Kier alpha value is -2.75. The number of unbranched alkanes of at least 4 members (excludes halogenated alkanes) is 1. The molecular weight excluding hydrogens is 444 g/mol. The van der Waals surface area contributed by atoms with Gasteiger partial charge >= 0.3 is 0 Å². The van der Waals surface area contributed by atoms with Crippen molar-refractivity contribution in [2.45, 2.75) is 64.5 Å². The third-order valence-corrected chi connectivity index (χ3v) is 11.9. The van der Waals surface area contributed by atoms with Crippen molar-refractivity contribution < 1.29 is 9.22 Å². The molecule has 0 saturated carbocycles. The standard InChI is InChI=1S/C32H40O2Si/c1-27(17-16-20-28-18-8-5-9-19-28)31(25-14-15-26-33)34-35(32(2,3)4,29-21-10-6-11-22-29)30-23-12-7-13-24-30/h5-13,16,18-24,26-27,31H,14-15,17,25H2,1-4H3/b20-16+/t27-,31-/m1/s1. The van der Waals surface area contributed by atoms with Crippen LogP contribution >= 0.6 is 0 Å². The third kappa shape index (κ3) is 6.90. The minimum absolute atomic E-state index is 0.0571. The van der Waals surface area contributed by atoms with Crippen LogP contribution in [0.5, 0.6) is 0 Å². The van der Waals surface area contributed by atoms with E-state index < -0.39 is 8.32 Å². The van der Waals surface area contributed by atoms with Crippen LogP contribution in [-0.4, -0.2) is 20.7 Å². The van der Waals surface area contributed by atoms with Crippen LogP contribution in [0.1, 0.15) is 58.9 Å². The number of benzene rings is 3. The van der Waals surface area contributed by atoms with Gasteiger partial charge < -0.3 is 9.22 Å². The Morgan fingerprint density at radius 2 is 1.34 bits per heavy atom. The highest BCUT2D eigenvalue weighted by molar-refractivity contribution is 6.99. The molecule has 2 nitrogen and oxygen atoms in total. The molecule has 0 aliphatic rings. The molecule has 0 bridgehead atoms. The molecule has 0 fully saturated rings. The fraction of sp³-hybridized carbons (Fsp3) is 0.344. The van der Waals surface area contributed by atoms with Crippen LogP contribution in [0, 0.1) is 5.92 Å². The lowest BCUT2D eigenvalue weighted by molar-refractivity contribution is -0.108. The molecule has 0 heterocycles. The number of hydrogen-bond donors (Lipinski definition) is 0. The highest BCUT2D eigenvalue weighted by Gasteiger charge is 2.51. The summed E-state index contributed by atoms with van der Waals surface area (Å²) in [5.74, 6) is 0.322. The molecule has 0 aromatic heterocycles. The summed E-state index contributed by atoms with van der Waals surface area (Å²) >= 11 is 0. The van der Waals surface area contributed by atoms with Crippen LogP contribution < -0.4 is 10.4 Å². The molecule has 0 aliphatic carbocycles. The smallest absolute Gasteiger partial charge is 0.261 e. The first-order valence-corrected chi connectivity index (χ1v) is 14.7. The van der Waals surface area contributed by atoms with Crippen molar-refractivity contribution in [3.05, 3.63) is 103 Å². The second kappa shape index (κ2) is 12.8. The van der Waals surface area contributed by atoms with Gasteiger partial charge in [0.15, 0.2) is 0 Å². The Morgan fingerprint density at radius 3 is 1.83 bits per heavy atom. The van der Waals surface area contributed by atoms with Gasteiger partial charge in [0, 0.05) is 12.5 Å². The summed E-state index contributed by atoms with van der Waals surface area (Å²) in [4.78, 5) is 11.1. The van der Waals surface area contributed by atoms with Gasteiger partial charge in [-0.25, -0.2) is 0 Å². The van der Waals surface area contributed by atoms with E-state index in [0.29, 0.717) is 12.3 Å². The zero-order chi connectivity index (χ0) is 25.2. The highest BCUT2D eigenvalue weighted by Crippen LogP contribution is 2.39. The maximum absolute atomic E-state index is 11.1. The molecule has 3 rings (SSSR count). The quantitative estimate of drug-likeness (QED) is 0.157. The van der Waals surface area contributed by atoms with Crippen molar-refractivity contribution in [2.24, 2.45) is 5.92 Å². The monoisotopic (exact) mass is 484 g/mol. The molecule has 0 amide bonds. The number of hydrogen-bond acceptors (Lipinski definition) is 2. The first-order valence-electron chi connectivity index (χ1n) is 12.8. The molecule has 35 heavy (non-hydrogen) atoms. The van der Waals surface area contributed by atoms with Gasteiger partial charge in [0.2, 0.25) is 0 Å². The van der Waals surface area contributed by atoms with Crippen molar-refractivity contribution >= 4 is 31.1 Å². The zero-order valence-corrected chi connectivity index (χ0v) is 22.7. The SMILES string of the molecule is C[C@H](C/C=C/c1ccccc1)[C@@H](CCCC=O)O[Si](c1ccccc1)(c1ccccc1)C(C)(C)C. The van der Waals surface area contributed by atoms with E-state index in [-0.39, 0.29) is 11.1 Å². The predicted molar refractivity (Wildman–Crippen MR) is 152 cm³/mol. The molecule has 0 aliphatic heterocycles. The molecule has 0 N–H and O–H groups in total. The van der Waals surface area contributed by atoms with Gasteiger partial charge in [-0.1, -0.05) is 131 Å². The molecule has 0 saturated heterocycles. The van der Waals surface area contributed by atoms with E-state index in [4.69, 9.17) is 4.43 Å². The molecule has 0 spiro atoms. The van der Waals surface area contributed by atoms with Gasteiger partial charge in [-0.2, -0.15) is 0 Å². The van der Waals surface area contributed by atoms with Gasteiger partial charge in [0.1, 0.15) is 6.29 Å². The predicted octanol–water partition coefficient (Wildman–Crippen LogP) is 7.04. The topological polar surface area (TPSA) is 26.3 Å². The Labute approximate surface area is 213 Å². The lowest BCUT2D eigenvalue weighted by Gasteiger charge is -2.46. The Balaban J connectivity index is 1.99. The van der Waals surface area contributed by atoms with Gasteiger partial charge in [-0.05, 0) is 46.2 Å². The van der Waals surface area contributed by atoms with Crippen molar-refractivity contribution in [1.29, 1.82) is 0 Å². The average Bonchev–Trinajstić information content (AvgIpc) is 2.87. The summed E-state index contributed by atoms with van der Waals surface area (Å²) in [7, 11) is -2.65. The Kier molecular flexibility index (Phi) is 9.82. The molecule has 0 unspecified atom stereocenters. The fourth-order valence-corrected chi connectivity index (χ4v) is 9.73. The largest absolute Gasteiger partial charge is 0.404 e. The van der Waals surface area contributed by atoms with Crippen molar-refractivity contribution in [3.63, 3.8) is 0 Å². The summed E-state index contributed by atoms with van der Waals surface area (Å²) in [6.07, 6.45) is 8.78. The van der Waals surface area contributed by atoms with E-state index in [1.165, 1.54) is 15.9 Å². The van der Waals surface area contributed by atoms with Crippen molar-refractivity contribution in [3.8, 4) is 0 Å². The maximum atomic E-state index is 11.1. The normalized spacial score (nSPS) is 14.1. The number of carbonyl (C=O) groups excluding carboxylic acids is 1. The molecule has 2 atom stereocenters. The van der Waals surface area contributed by atoms with E-state index in [0.717, 1.165) is 25.5 Å².